The fourth-order valence-electron chi connectivity index (χ4n) is 6.33. The van der Waals surface area contributed by atoms with Crippen molar-refractivity contribution in [1.82, 2.24) is 10.2 Å². The van der Waals surface area contributed by atoms with Gasteiger partial charge in [0.2, 0.25) is 5.91 Å². The van der Waals surface area contributed by atoms with E-state index in [-0.39, 0.29) is 43.5 Å². The third-order valence-corrected chi connectivity index (χ3v) is 10.3. The summed E-state index contributed by atoms with van der Waals surface area (Å²) in [6.07, 6.45) is -6.09. The van der Waals surface area contributed by atoms with Gasteiger partial charge in [-0.1, -0.05) is 13.8 Å². The van der Waals surface area contributed by atoms with Crippen LogP contribution in [-0.4, -0.2) is 133 Å². The third kappa shape index (κ3) is 20.8. The first kappa shape index (κ1) is 61.7. The van der Waals surface area contributed by atoms with Crippen molar-refractivity contribution in [3.63, 3.8) is 0 Å². The van der Waals surface area contributed by atoms with Gasteiger partial charge in [-0.05, 0) is 129 Å². The summed E-state index contributed by atoms with van der Waals surface area (Å²) in [5, 5.41) is 13.2. The Hall–Kier alpha value is -6.28. The molecule has 70 heavy (non-hydrogen) atoms. The lowest BCUT2D eigenvalue weighted by Gasteiger charge is -2.29. The molecular weight excluding hydrogens is 917 g/mol. The van der Waals surface area contributed by atoms with Crippen LogP contribution >= 0.6 is 0 Å². The van der Waals surface area contributed by atoms with Crippen LogP contribution < -0.4 is 24.3 Å². The molecule has 1 amide bonds. The molecule has 0 aliphatic heterocycles. The summed E-state index contributed by atoms with van der Waals surface area (Å²) in [5.41, 5.74) is 3.99. The van der Waals surface area contributed by atoms with E-state index in [0.717, 1.165) is 12.5 Å². The molecule has 2 aromatic rings. The molecule has 0 aliphatic carbocycles. The maximum Gasteiger partial charge on any atom is 0.352 e. The maximum absolute atomic E-state index is 12.6. The number of hydrogen-bond acceptors (Lipinski definition) is 19. The average molecular weight is 991 g/mol. The largest absolute Gasteiger partial charge is 0.491 e. The Balaban J connectivity index is 0.000000710. The number of rotatable bonds is 23. The molecule has 6 unspecified atom stereocenters. The number of carbonyl (C=O) groups excluding carboxylic acids is 8. The average Bonchev–Trinajstić information content (AvgIpc) is 3.25. The van der Waals surface area contributed by atoms with Crippen LogP contribution in [0.5, 0.6) is 23.0 Å². The number of amides is 1. The smallest absolute Gasteiger partial charge is 0.352 e. The van der Waals surface area contributed by atoms with E-state index < -0.39 is 78.4 Å². The van der Waals surface area contributed by atoms with Crippen molar-refractivity contribution in [1.29, 1.82) is 0 Å². The van der Waals surface area contributed by atoms with Gasteiger partial charge in [0.25, 0.3) is 0 Å². The molecule has 6 atom stereocenters. The standard InChI is InChI=1S/C27H39NO10.C23H35NO8/c1-14(2)28(20(8)29)12-23(37-22(10)31)13-34-24-11-15(3)25(17(5)16(24)4)38-27(33)19(7)36-26(32)18(6)35-21(9)30;1-12(2)24-10-19(26)11-29-20-9-13(3)21(15(5)14(20)4)32-23(28)17(7)31-22(27)16(6)30-18(8)25/h11,14,18-19,23H,12-13H2,1-10H3;9,12,16-17,19,24,26H,10-11H2,1-8H3. The summed E-state index contributed by atoms with van der Waals surface area (Å²) in [6, 6.07) is 3.58. The van der Waals surface area contributed by atoms with Gasteiger partial charge in [0.1, 0.15) is 42.3 Å². The zero-order valence-electron chi connectivity index (χ0n) is 43.9. The van der Waals surface area contributed by atoms with Crippen LogP contribution in [0.15, 0.2) is 12.1 Å². The first-order valence-electron chi connectivity index (χ1n) is 22.9. The van der Waals surface area contributed by atoms with Crippen molar-refractivity contribution in [3.8, 4) is 23.0 Å². The van der Waals surface area contributed by atoms with E-state index in [0.29, 0.717) is 51.6 Å². The van der Waals surface area contributed by atoms with Gasteiger partial charge in [0, 0.05) is 46.3 Å². The van der Waals surface area contributed by atoms with Crippen LogP contribution in [0.3, 0.4) is 0 Å². The number of benzene rings is 2. The summed E-state index contributed by atoms with van der Waals surface area (Å²) in [7, 11) is 0. The number of aryl methyl sites for hydroxylation is 2. The summed E-state index contributed by atoms with van der Waals surface area (Å²) >= 11 is 0. The number of esters is 7. The zero-order valence-corrected chi connectivity index (χ0v) is 43.9. The molecular formula is C50H74N2O18. The van der Waals surface area contributed by atoms with Crippen LogP contribution in [0.1, 0.15) is 116 Å². The second kappa shape index (κ2) is 29.0. The molecule has 0 fully saturated rings. The highest BCUT2D eigenvalue weighted by molar-refractivity contribution is 5.85. The highest BCUT2D eigenvalue weighted by Gasteiger charge is 2.29. The van der Waals surface area contributed by atoms with Gasteiger partial charge < -0.3 is 58.0 Å². The number of ether oxygens (including phenoxy) is 9. The number of nitrogens with zero attached hydrogens (tertiary/aromatic N) is 1. The number of aliphatic hydroxyl groups excluding tert-OH is 1. The van der Waals surface area contributed by atoms with Gasteiger partial charge in [-0.3, -0.25) is 19.2 Å². The van der Waals surface area contributed by atoms with E-state index in [4.69, 9.17) is 42.6 Å². The molecule has 2 N–H and O–H groups in total. The van der Waals surface area contributed by atoms with Crippen LogP contribution in [0.2, 0.25) is 0 Å². The molecule has 0 aromatic heterocycles. The zero-order chi connectivity index (χ0) is 53.9. The lowest BCUT2D eigenvalue weighted by atomic mass is 10.0. The Kier molecular flexibility index (Phi) is 25.6. The fraction of sp³-hybridized carbons (Fsp3) is 0.600. The predicted octanol–water partition coefficient (Wildman–Crippen LogP) is 5.11. The number of hydrogen-bond donors (Lipinski definition) is 2. The van der Waals surface area contributed by atoms with Crippen molar-refractivity contribution >= 4 is 47.7 Å². The predicted molar refractivity (Wildman–Crippen MR) is 254 cm³/mol. The van der Waals surface area contributed by atoms with Crippen LogP contribution in [0, 0.1) is 41.5 Å². The first-order valence-corrected chi connectivity index (χ1v) is 22.9. The Labute approximate surface area is 411 Å². The molecule has 0 saturated heterocycles. The van der Waals surface area contributed by atoms with Crippen LogP contribution in [-0.2, 0) is 62.0 Å². The van der Waals surface area contributed by atoms with Gasteiger partial charge in [-0.25, -0.2) is 19.2 Å². The molecule has 0 saturated carbocycles. The van der Waals surface area contributed by atoms with Gasteiger partial charge in [0.15, 0.2) is 30.5 Å². The molecule has 2 aromatic carbocycles. The molecule has 20 heteroatoms. The van der Waals surface area contributed by atoms with Gasteiger partial charge in [0.05, 0.1) is 6.54 Å². The number of carbonyl (C=O) groups is 8. The SMILES string of the molecule is CC(=O)OC(C)C(=O)OC(C)C(=O)Oc1c(C)cc(OCC(O)CNC(C)C)c(C)c1C.CC(=O)OC(COc1cc(C)c(OC(=O)C(C)OC(=O)C(C)OC(C)=O)c(C)c1C)CN(C(C)=O)C(C)C. The normalized spacial score (nSPS) is 13.4. The molecule has 0 radical (unpaired) electrons. The molecule has 0 spiro atoms. The van der Waals surface area contributed by atoms with E-state index in [1.165, 1.54) is 48.5 Å². The Morgan fingerprint density at radius 3 is 1.24 bits per heavy atom. The molecule has 392 valence electrons. The topological polar surface area (TPSA) is 255 Å². The quantitative estimate of drug-likeness (QED) is 0.0833. The lowest BCUT2D eigenvalue weighted by Crippen LogP contribution is -2.44. The maximum atomic E-state index is 12.6. The van der Waals surface area contributed by atoms with Crippen LogP contribution in [0.25, 0.3) is 0 Å². The highest BCUT2D eigenvalue weighted by atomic mass is 16.6. The van der Waals surface area contributed by atoms with E-state index in [2.05, 4.69) is 5.32 Å². The summed E-state index contributed by atoms with van der Waals surface area (Å²) < 4.78 is 47.7. The highest BCUT2D eigenvalue weighted by Crippen LogP contribution is 2.35. The molecule has 0 bridgehead atoms. The molecule has 20 nitrogen and oxygen atoms in total. The van der Waals surface area contributed by atoms with Gasteiger partial charge in [-0.2, -0.15) is 0 Å². The minimum absolute atomic E-state index is 0.00242. The van der Waals surface area contributed by atoms with Crippen molar-refractivity contribution in [2.75, 3.05) is 26.3 Å². The second-order valence-corrected chi connectivity index (χ2v) is 17.4. The molecule has 2 rings (SSSR count). The van der Waals surface area contributed by atoms with Crippen molar-refractivity contribution in [2.24, 2.45) is 0 Å². The second-order valence-electron chi connectivity index (χ2n) is 17.4. The Morgan fingerprint density at radius 1 is 0.529 bits per heavy atom. The Bertz CT molecular complexity index is 2170. The van der Waals surface area contributed by atoms with E-state index in [1.807, 2.05) is 34.6 Å². The summed E-state index contributed by atoms with van der Waals surface area (Å²) in [6.45, 7) is 29.5. The lowest BCUT2D eigenvalue weighted by molar-refractivity contribution is -0.173. The number of nitrogens with one attached hydrogen (secondary N) is 1. The van der Waals surface area contributed by atoms with Gasteiger partial charge >= 0.3 is 41.8 Å². The number of aliphatic hydroxyl groups is 1. The van der Waals surface area contributed by atoms with Crippen molar-refractivity contribution in [2.45, 2.75) is 173 Å². The Morgan fingerprint density at radius 2 is 0.900 bits per heavy atom. The van der Waals surface area contributed by atoms with E-state index in [9.17, 15) is 43.5 Å². The third-order valence-electron chi connectivity index (χ3n) is 10.3. The molecule has 0 heterocycles. The van der Waals surface area contributed by atoms with Crippen molar-refractivity contribution in [3.05, 3.63) is 45.5 Å². The summed E-state index contributed by atoms with van der Waals surface area (Å²) in [4.78, 5) is 96.2. The first-order chi connectivity index (χ1) is 32.4. The summed E-state index contributed by atoms with van der Waals surface area (Å²) in [5.74, 6) is -3.49. The van der Waals surface area contributed by atoms with E-state index >= 15 is 0 Å². The minimum atomic E-state index is -1.25. The van der Waals surface area contributed by atoms with Gasteiger partial charge in [-0.15, -0.1) is 0 Å². The fourth-order valence-corrected chi connectivity index (χ4v) is 6.33. The minimum Gasteiger partial charge on any atom is -0.491 e. The monoisotopic (exact) mass is 990 g/mol. The van der Waals surface area contributed by atoms with Crippen LogP contribution in [0.4, 0.5) is 0 Å². The van der Waals surface area contributed by atoms with E-state index in [1.54, 1.807) is 51.7 Å². The molecule has 0 aliphatic rings. The van der Waals surface area contributed by atoms with Crippen molar-refractivity contribution < 1.29 is 86.1 Å².